The van der Waals surface area contributed by atoms with Crippen molar-refractivity contribution >= 4 is 23.3 Å². The number of fused-ring (bicyclic) bond motifs is 1. The predicted molar refractivity (Wildman–Crippen MR) is 86.1 cm³/mol. The van der Waals surface area contributed by atoms with Gasteiger partial charge in [0.15, 0.2) is 0 Å². The first-order valence-corrected chi connectivity index (χ1v) is 8.09. The highest BCUT2D eigenvalue weighted by Crippen LogP contribution is 2.29. The van der Waals surface area contributed by atoms with Gasteiger partial charge in [-0.25, -0.2) is 4.98 Å². The normalized spacial score (nSPS) is 17.7. The molecule has 0 aliphatic heterocycles. The fourth-order valence-electron chi connectivity index (χ4n) is 2.74. The van der Waals surface area contributed by atoms with E-state index < -0.39 is 0 Å². The van der Waals surface area contributed by atoms with E-state index in [1.807, 2.05) is 18.4 Å². The highest BCUT2D eigenvalue weighted by molar-refractivity contribution is 7.09. The van der Waals surface area contributed by atoms with Crippen LogP contribution in [0.4, 0.5) is 0 Å². The van der Waals surface area contributed by atoms with E-state index >= 15 is 0 Å². The summed E-state index contributed by atoms with van der Waals surface area (Å²) in [5, 5.41) is 6.07. The van der Waals surface area contributed by atoms with Crippen LogP contribution in [0.15, 0.2) is 35.7 Å². The number of hydrogen-bond acceptors (Lipinski definition) is 3. The molecular formula is C17H18N2OS. The Kier molecular flexibility index (Phi) is 4.15. The van der Waals surface area contributed by atoms with Crippen molar-refractivity contribution in [3.63, 3.8) is 0 Å². The molecule has 0 bridgehead atoms. The zero-order chi connectivity index (χ0) is 14.7. The second-order valence-electron chi connectivity index (χ2n) is 5.28. The minimum Gasteiger partial charge on any atom is -0.346 e. The standard InChI is InChI=1S/C17H18N2OS/c1-12-18-14(11-21-12)9-10-17(20)19-16-8-4-6-13-5-2-3-7-15(13)16/h2-3,5,7,9-11,16H,4,6,8H2,1H3,(H,19,20)/b10-9+. The molecule has 1 aromatic heterocycles. The fraction of sp³-hybridized carbons (Fsp3) is 0.294. The summed E-state index contributed by atoms with van der Waals surface area (Å²) in [5.41, 5.74) is 3.46. The van der Waals surface area contributed by atoms with E-state index in [9.17, 15) is 4.79 Å². The number of thiazole rings is 1. The summed E-state index contributed by atoms with van der Waals surface area (Å²) in [7, 11) is 0. The molecule has 1 aliphatic carbocycles. The van der Waals surface area contributed by atoms with Crippen molar-refractivity contribution in [2.75, 3.05) is 0 Å². The lowest BCUT2D eigenvalue weighted by molar-refractivity contribution is -0.117. The van der Waals surface area contributed by atoms with Crippen LogP contribution in [0, 0.1) is 6.92 Å². The molecular weight excluding hydrogens is 280 g/mol. The van der Waals surface area contributed by atoms with Gasteiger partial charge in [0.05, 0.1) is 16.7 Å². The van der Waals surface area contributed by atoms with E-state index in [0.29, 0.717) is 0 Å². The summed E-state index contributed by atoms with van der Waals surface area (Å²) < 4.78 is 0. The summed E-state index contributed by atoms with van der Waals surface area (Å²) in [6.07, 6.45) is 6.58. The maximum absolute atomic E-state index is 12.1. The monoisotopic (exact) mass is 298 g/mol. The fourth-order valence-corrected chi connectivity index (χ4v) is 3.32. The summed E-state index contributed by atoms with van der Waals surface area (Å²) in [5.74, 6) is -0.0534. The first kappa shape index (κ1) is 14.0. The molecule has 0 fully saturated rings. The number of nitrogens with zero attached hydrogens (tertiary/aromatic N) is 1. The van der Waals surface area contributed by atoms with E-state index in [1.54, 1.807) is 23.5 Å². The third kappa shape index (κ3) is 3.39. The Balaban J connectivity index is 1.67. The average Bonchev–Trinajstić information content (AvgIpc) is 2.91. The van der Waals surface area contributed by atoms with Crippen LogP contribution in [0.25, 0.3) is 6.08 Å². The Morgan fingerprint density at radius 2 is 2.29 bits per heavy atom. The SMILES string of the molecule is Cc1nc(/C=C/C(=O)NC2CCCc3ccccc32)cs1. The number of nitrogens with one attached hydrogen (secondary N) is 1. The van der Waals surface area contributed by atoms with Gasteiger partial charge in [0, 0.05) is 11.5 Å². The number of carbonyl (C=O) groups excluding carboxylic acids is 1. The molecule has 1 aromatic carbocycles. The van der Waals surface area contributed by atoms with Crippen LogP contribution >= 0.6 is 11.3 Å². The number of aromatic nitrogens is 1. The number of hydrogen-bond donors (Lipinski definition) is 1. The molecule has 3 nitrogen and oxygen atoms in total. The number of benzene rings is 1. The summed E-state index contributed by atoms with van der Waals surface area (Å²) in [6, 6.07) is 8.50. The van der Waals surface area contributed by atoms with Crippen molar-refractivity contribution in [1.82, 2.24) is 10.3 Å². The van der Waals surface area contributed by atoms with Gasteiger partial charge in [0.1, 0.15) is 0 Å². The Labute approximate surface area is 128 Å². The number of carbonyl (C=O) groups is 1. The maximum Gasteiger partial charge on any atom is 0.244 e. The zero-order valence-electron chi connectivity index (χ0n) is 12.0. The van der Waals surface area contributed by atoms with Crippen molar-refractivity contribution < 1.29 is 4.79 Å². The lowest BCUT2D eigenvalue weighted by Crippen LogP contribution is -2.29. The van der Waals surface area contributed by atoms with Crippen molar-refractivity contribution in [1.29, 1.82) is 0 Å². The molecule has 4 heteroatoms. The van der Waals surface area contributed by atoms with Crippen LogP contribution in [-0.4, -0.2) is 10.9 Å². The lowest BCUT2D eigenvalue weighted by atomic mass is 9.88. The van der Waals surface area contributed by atoms with E-state index in [1.165, 1.54) is 11.1 Å². The minimum absolute atomic E-state index is 0.0534. The number of amides is 1. The van der Waals surface area contributed by atoms with Gasteiger partial charge in [-0.2, -0.15) is 0 Å². The lowest BCUT2D eigenvalue weighted by Gasteiger charge is -2.25. The van der Waals surface area contributed by atoms with Crippen LogP contribution in [0.2, 0.25) is 0 Å². The quantitative estimate of drug-likeness (QED) is 0.879. The van der Waals surface area contributed by atoms with Crippen LogP contribution in [0.3, 0.4) is 0 Å². The molecule has 1 amide bonds. The van der Waals surface area contributed by atoms with Gasteiger partial charge in [0.25, 0.3) is 0 Å². The van der Waals surface area contributed by atoms with Crippen LogP contribution in [-0.2, 0) is 11.2 Å². The smallest absolute Gasteiger partial charge is 0.244 e. The second-order valence-corrected chi connectivity index (χ2v) is 6.34. The third-order valence-corrected chi connectivity index (χ3v) is 4.52. The minimum atomic E-state index is -0.0534. The van der Waals surface area contributed by atoms with Crippen LogP contribution in [0.1, 0.15) is 40.7 Å². The van der Waals surface area contributed by atoms with E-state index in [2.05, 4.69) is 28.5 Å². The molecule has 1 N–H and O–H groups in total. The van der Waals surface area contributed by atoms with Crippen molar-refractivity contribution in [2.24, 2.45) is 0 Å². The van der Waals surface area contributed by atoms with Crippen LogP contribution in [0.5, 0.6) is 0 Å². The van der Waals surface area contributed by atoms with Gasteiger partial charge >= 0.3 is 0 Å². The molecule has 1 heterocycles. The summed E-state index contributed by atoms with van der Waals surface area (Å²) in [4.78, 5) is 16.4. The summed E-state index contributed by atoms with van der Waals surface area (Å²) >= 11 is 1.59. The van der Waals surface area contributed by atoms with E-state index in [4.69, 9.17) is 0 Å². The predicted octanol–water partition coefficient (Wildman–Crippen LogP) is 3.66. The average molecular weight is 298 g/mol. The second kappa shape index (κ2) is 6.22. The van der Waals surface area contributed by atoms with Crippen molar-refractivity contribution in [3.05, 3.63) is 57.6 Å². The topological polar surface area (TPSA) is 42.0 Å². The first-order valence-electron chi connectivity index (χ1n) is 7.21. The molecule has 1 atom stereocenters. The molecule has 21 heavy (non-hydrogen) atoms. The van der Waals surface area contributed by atoms with Crippen molar-refractivity contribution in [3.8, 4) is 0 Å². The Morgan fingerprint density at radius 1 is 1.43 bits per heavy atom. The molecule has 3 rings (SSSR count). The van der Waals surface area contributed by atoms with Gasteiger partial charge in [0.2, 0.25) is 5.91 Å². The highest BCUT2D eigenvalue weighted by Gasteiger charge is 2.20. The van der Waals surface area contributed by atoms with Gasteiger partial charge in [-0.15, -0.1) is 11.3 Å². The molecule has 1 aliphatic rings. The van der Waals surface area contributed by atoms with E-state index in [0.717, 1.165) is 30.0 Å². The van der Waals surface area contributed by atoms with Gasteiger partial charge in [-0.1, -0.05) is 24.3 Å². The van der Waals surface area contributed by atoms with Crippen molar-refractivity contribution in [2.45, 2.75) is 32.2 Å². The van der Waals surface area contributed by atoms with E-state index in [-0.39, 0.29) is 11.9 Å². The van der Waals surface area contributed by atoms with Gasteiger partial charge in [-0.3, -0.25) is 4.79 Å². The molecule has 0 spiro atoms. The van der Waals surface area contributed by atoms with Crippen LogP contribution < -0.4 is 5.32 Å². The molecule has 0 saturated carbocycles. The largest absolute Gasteiger partial charge is 0.346 e. The van der Waals surface area contributed by atoms with Gasteiger partial charge in [-0.05, 0) is 43.4 Å². The highest BCUT2D eigenvalue weighted by atomic mass is 32.1. The summed E-state index contributed by atoms with van der Waals surface area (Å²) in [6.45, 7) is 1.96. The molecule has 1 unspecified atom stereocenters. The number of rotatable bonds is 3. The zero-order valence-corrected chi connectivity index (χ0v) is 12.8. The molecule has 2 aromatic rings. The maximum atomic E-state index is 12.1. The third-order valence-electron chi connectivity index (χ3n) is 3.73. The Morgan fingerprint density at radius 3 is 3.10 bits per heavy atom. The molecule has 0 saturated heterocycles. The first-order chi connectivity index (χ1) is 10.2. The Bertz CT molecular complexity index is 675. The number of aryl methyl sites for hydroxylation is 2. The molecule has 0 radical (unpaired) electrons. The Hall–Kier alpha value is -1.94. The van der Waals surface area contributed by atoms with Gasteiger partial charge < -0.3 is 5.32 Å². The molecule has 108 valence electrons.